The van der Waals surface area contributed by atoms with Gasteiger partial charge in [0.2, 0.25) is 0 Å². The molecule has 4 heterocycles. The van der Waals surface area contributed by atoms with Crippen molar-refractivity contribution in [3.05, 3.63) is 42.5 Å². The number of hydrogen-bond acceptors (Lipinski definition) is 3. The van der Waals surface area contributed by atoms with E-state index in [1.165, 1.54) is 0 Å². The van der Waals surface area contributed by atoms with Gasteiger partial charge in [0.15, 0.2) is 0 Å². The number of H-pyrrole nitrogens is 2. The molecule has 1 saturated heterocycles. The molecule has 4 rings (SSSR count). The topological polar surface area (TPSA) is 88.6 Å². The van der Waals surface area contributed by atoms with E-state index < -0.39 is 0 Å². The zero-order valence-electron chi connectivity index (χ0n) is 12.4. The summed E-state index contributed by atoms with van der Waals surface area (Å²) in [7, 11) is 0. The Morgan fingerprint density at radius 2 is 2.35 bits per heavy atom. The predicted molar refractivity (Wildman–Crippen MR) is 87.7 cm³/mol. The molecule has 1 atom stereocenters. The molecule has 116 valence electrons. The maximum atomic E-state index is 12.6. The van der Waals surface area contributed by atoms with Crippen LogP contribution in [0.3, 0.4) is 0 Å². The van der Waals surface area contributed by atoms with Gasteiger partial charge in [-0.15, -0.1) is 0 Å². The number of pyridine rings is 1. The molecule has 1 fully saturated rings. The van der Waals surface area contributed by atoms with Crippen LogP contribution in [0.25, 0.3) is 22.2 Å². The van der Waals surface area contributed by atoms with Crippen LogP contribution in [0.4, 0.5) is 0 Å². The van der Waals surface area contributed by atoms with Crippen LogP contribution in [0.2, 0.25) is 0 Å². The van der Waals surface area contributed by atoms with E-state index in [0.717, 1.165) is 35.0 Å². The van der Waals surface area contributed by atoms with Gasteiger partial charge >= 0.3 is 0 Å². The smallest absolute Gasteiger partial charge is 0.271 e. The summed E-state index contributed by atoms with van der Waals surface area (Å²) in [6.07, 6.45) is 7.05. The molecule has 3 aromatic rings. The number of likely N-dealkylation sites (tertiary alicyclic amines) is 1. The Kier molecular flexibility index (Phi) is 3.12. The van der Waals surface area contributed by atoms with Gasteiger partial charge in [-0.25, -0.2) is 4.98 Å². The SMILES string of the molecule is N#CC1CCCN1C(=O)c1cc(-c2ccnc3[nH]ccc23)c[nH]1.[HH]. The van der Waals surface area contributed by atoms with Gasteiger partial charge in [-0.3, -0.25) is 4.79 Å². The molecule has 0 aromatic carbocycles. The summed E-state index contributed by atoms with van der Waals surface area (Å²) >= 11 is 0. The van der Waals surface area contributed by atoms with Crippen LogP contribution in [0.15, 0.2) is 36.8 Å². The fourth-order valence-electron chi connectivity index (χ4n) is 3.18. The predicted octanol–water partition coefficient (Wildman–Crippen LogP) is 2.93. The first kappa shape index (κ1) is 13.6. The molecule has 23 heavy (non-hydrogen) atoms. The molecular weight excluding hydrogens is 290 g/mol. The van der Waals surface area contributed by atoms with E-state index in [1.54, 1.807) is 11.1 Å². The first-order valence-corrected chi connectivity index (χ1v) is 7.59. The van der Waals surface area contributed by atoms with E-state index in [9.17, 15) is 4.79 Å². The number of nitriles is 1. The summed E-state index contributed by atoms with van der Waals surface area (Å²) in [5, 5.41) is 10.2. The largest absolute Gasteiger partial charge is 0.357 e. The second-order valence-corrected chi connectivity index (χ2v) is 5.69. The van der Waals surface area contributed by atoms with Gasteiger partial charge in [0.25, 0.3) is 5.91 Å². The zero-order valence-corrected chi connectivity index (χ0v) is 12.4. The first-order valence-electron chi connectivity index (χ1n) is 7.59. The molecule has 0 bridgehead atoms. The Hall–Kier alpha value is -3.07. The van der Waals surface area contributed by atoms with Crippen molar-refractivity contribution in [3.8, 4) is 17.2 Å². The van der Waals surface area contributed by atoms with Crippen molar-refractivity contribution in [1.82, 2.24) is 19.9 Å². The van der Waals surface area contributed by atoms with Crippen LogP contribution in [-0.4, -0.2) is 38.3 Å². The molecule has 1 unspecified atom stereocenters. The second kappa shape index (κ2) is 5.29. The summed E-state index contributed by atoms with van der Waals surface area (Å²) in [5.74, 6) is -0.111. The molecule has 6 nitrogen and oxygen atoms in total. The molecule has 0 radical (unpaired) electrons. The number of aromatic nitrogens is 3. The Labute approximate surface area is 134 Å². The number of aromatic amines is 2. The van der Waals surface area contributed by atoms with Gasteiger partial charge in [0.1, 0.15) is 17.4 Å². The van der Waals surface area contributed by atoms with Crippen molar-refractivity contribution in [3.63, 3.8) is 0 Å². The highest BCUT2D eigenvalue weighted by Gasteiger charge is 2.30. The molecule has 0 spiro atoms. The molecule has 6 heteroatoms. The molecule has 1 amide bonds. The van der Waals surface area contributed by atoms with E-state index in [1.807, 2.05) is 30.6 Å². The number of carbonyl (C=O) groups is 1. The van der Waals surface area contributed by atoms with Crippen LogP contribution in [-0.2, 0) is 0 Å². The fourth-order valence-corrected chi connectivity index (χ4v) is 3.18. The Morgan fingerprint density at radius 1 is 1.43 bits per heavy atom. The maximum Gasteiger partial charge on any atom is 0.271 e. The lowest BCUT2D eigenvalue weighted by atomic mass is 10.1. The van der Waals surface area contributed by atoms with Gasteiger partial charge < -0.3 is 14.9 Å². The van der Waals surface area contributed by atoms with Crippen molar-refractivity contribution in [2.45, 2.75) is 18.9 Å². The van der Waals surface area contributed by atoms with Gasteiger partial charge in [-0.1, -0.05) is 0 Å². The molecule has 1 aliphatic rings. The van der Waals surface area contributed by atoms with E-state index in [2.05, 4.69) is 21.0 Å². The molecule has 0 saturated carbocycles. The van der Waals surface area contributed by atoms with Crippen molar-refractivity contribution in [2.24, 2.45) is 0 Å². The average Bonchev–Trinajstić information content (AvgIpc) is 3.32. The second-order valence-electron chi connectivity index (χ2n) is 5.69. The maximum absolute atomic E-state index is 12.6. The standard InChI is InChI=1S/C17H15N5O.H2/c18-9-12-2-1-7-22(12)17(23)15-8-11(10-21-15)13-3-5-19-16-14(13)4-6-20-16;/h3-6,8,10,12,21H,1-2,7H2,(H,19,20);1H. The Morgan fingerprint density at radius 3 is 3.22 bits per heavy atom. The molecular formula is C17H17N5O. The molecule has 0 aliphatic carbocycles. The van der Waals surface area contributed by atoms with E-state index >= 15 is 0 Å². The third kappa shape index (κ3) is 2.18. The van der Waals surface area contributed by atoms with Gasteiger partial charge in [-0.05, 0) is 36.6 Å². The Balaban J connectivity index is 0.00000169. The summed E-state index contributed by atoms with van der Waals surface area (Å²) < 4.78 is 0. The van der Waals surface area contributed by atoms with Crippen LogP contribution in [0, 0.1) is 11.3 Å². The lowest BCUT2D eigenvalue weighted by Gasteiger charge is -2.18. The third-order valence-electron chi connectivity index (χ3n) is 4.35. The molecule has 3 aromatic heterocycles. The highest BCUT2D eigenvalue weighted by atomic mass is 16.2. The van der Waals surface area contributed by atoms with Crippen molar-refractivity contribution in [2.75, 3.05) is 6.54 Å². The minimum atomic E-state index is -0.313. The average molecular weight is 307 g/mol. The number of fused-ring (bicyclic) bond motifs is 1. The summed E-state index contributed by atoms with van der Waals surface area (Å²) in [5.41, 5.74) is 3.29. The number of amides is 1. The van der Waals surface area contributed by atoms with Crippen molar-refractivity contribution in [1.29, 1.82) is 5.26 Å². The number of carbonyl (C=O) groups excluding carboxylic acids is 1. The lowest BCUT2D eigenvalue weighted by molar-refractivity contribution is 0.0759. The summed E-state index contributed by atoms with van der Waals surface area (Å²) in [6.45, 7) is 0.642. The summed E-state index contributed by atoms with van der Waals surface area (Å²) in [6, 6.07) is 7.64. The van der Waals surface area contributed by atoms with Gasteiger partial charge in [0, 0.05) is 37.5 Å². The molecule has 1 aliphatic heterocycles. The molecule has 2 N–H and O–H groups in total. The van der Waals surface area contributed by atoms with E-state index in [-0.39, 0.29) is 13.4 Å². The highest BCUT2D eigenvalue weighted by molar-refractivity contribution is 5.97. The number of rotatable bonds is 2. The van der Waals surface area contributed by atoms with Crippen LogP contribution in [0.5, 0.6) is 0 Å². The highest BCUT2D eigenvalue weighted by Crippen LogP contribution is 2.28. The minimum absolute atomic E-state index is 0. The van der Waals surface area contributed by atoms with Crippen LogP contribution in [0.1, 0.15) is 24.8 Å². The van der Waals surface area contributed by atoms with Crippen molar-refractivity contribution >= 4 is 16.9 Å². The Bertz CT molecular complexity index is 922. The quantitative estimate of drug-likeness (QED) is 0.763. The fraction of sp³-hybridized carbons (Fsp3) is 0.235. The number of hydrogen-bond donors (Lipinski definition) is 2. The first-order chi connectivity index (χ1) is 11.3. The lowest BCUT2D eigenvalue weighted by Crippen LogP contribution is -2.34. The number of nitrogens with one attached hydrogen (secondary N) is 2. The summed E-state index contributed by atoms with van der Waals surface area (Å²) in [4.78, 5) is 24.7. The third-order valence-corrected chi connectivity index (χ3v) is 4.35. The monoisotopic (exact) mass is 307 g/mol. The van der Waals surface area contributed by atoms with Crippen molar-refractivity contribution < 1.29 is 6.22 Å². The van der Waals surface area contributed by atoms with Gasteiger partial charge in [-0.2, -0.15) is 5.26 Å². The minimum Gasteiger partial charge on any atom is -0.357 e. The van der Waals surface area contributed by atoms with Crippen LogP contribution < -0.4 is 0 Å². The zero-order chi connectivity index (χ0) is 15.8. The van der Waals surface area contributed by atoms with E-state index in [0.29, 0.717) is 12.2 Å². The van der Waals surface area contributed by atoms with Crippen LogP contribution >= 0.6 is 0 Å². The van der Waals surface area contributed by atoms with E-state index in [4.69, 9.17) is 5.26 Å². The number of nitrogens with zero attached hydrogens (tertiary/aromatic N) is 3. The normalized spacial score (nSPS) is 17.5. The van der Waals surface area contributed by atoms with Gasteiger partial charge in [0.05, 0.1) is 6.07 Å².